The van der Waals surface area contributed by atoms with Gasteiger partial charge in [0.05, 0.1) is 7.11 Å². The zero-order chi connectivity index (χ0) is 13.4. The van der Waals surface area contributed by atoms with Crippen molar-refractivity contribution in [3.63, 3.8) is 0 Å². The minimum Gasteiger partial charge on any atom is -0.496 e. The van der Waals surface area contributed by atoms with Crippen molar-refractivity contribution in [3.05, 3.63) is 29.3 Å². The predicted octanol–water partition coefficient (Wildman–Crippen LogP) is 2.59. The maximum absolute atomic E-state index is 11.9. The van der Waals surface area contributed by atoms with Gasteiger partial charge < -0.3 is 10.5 Å². The molecule has 0 fully saturated rings. The number of rotatable bonds is 8. The summed E-state index contributed by atoms with van der Waals surface area (Å²) >= 11 is 0. The molecule has 1 unspecified atom stereocenters. The van der Waals surface area contributed by atoms with Crippen LogP contribution in [0.25, 0.3) is 0 Å². The van der Waals surface area contributed by atoms with Crippen LogP contribution in [0, 0.1) is 0 Å². The van der Waals surface area contributed by atoms with Crippen LogP contribution in [0.5, 0.6) is 5.75 Å². The summed E-state index contributed by atoms with van der Waals surface area (Å²) in [5, 5.41) is 0. The molecule has 1 aromatic carbocycles. The summed E-state index contributed by atoms with van der Waals surface area (Å²) in [5.41, 5.74) is 7.72. The summed E-state index contributed by atoms with van der Waals surface area (Å²) in [7, 11) is 0.863. The quantitative estimate of drug-likeness (QED) is 0.738. The molecular weight excluding hydrogens is 246 g/mol. The lowest BCUT2D eigenvalue weighted by Gasteiger charge is -2.09. The Kier molecular flexibility index (Phi) is 6.98. The number of hydrogen-bond donors (Lipinski definition) is 1. The van der Waals surface area contributed by atoms with Gasteiger partial charge in [0.25, 0.3) is 0 Å². The fourth-order valence-electron chi connectivity index (χ4n) is 1.85. The molecule has 18 heavy (non-hydrogen) atoms. The molecule has 0 aliphatic carbocycles. The Morgan fingerprint density at radius 2 is 2.11 bits per heavy atom. The van der Waals surface area contributed by atoms with E-state index >= 15 is 0 Å². The Morgan fingerprint density at radius 3 is 2.72 bits per heavy atom. The Hall–Kier alpha value is -0.870. The Labute approximate surface area is 112 Å². The van der Waals surface area contributed by atoms with Gasteiger partial charge in [-0.2, -0.15) is 0 Å². The lowest BCUT2D eigenvalue weighted by molar-refractivity contribution is 0.409. The van der Waals surface area contributed by atoms with E-state index in [9.17, 15) is 4.21 Å². The molecule has 1 rings (SSSR count). The first kappa shape index (κ1) is 15.2. The fourth-order valence-corrected chi connectivity index (χ4v) is 3.07. The first-order valence-corrected chi connectivity index (χ1v) is 7.90. The molecule has 1 atom stereocenters. The van der Waals surface area contributed by atoms with Crippen molar-refractivity contribution in [2.45, 2.75) is 38.5 Å². The highest BCUT2D eigenvalue weighted by Gasteiger charge is 2.06. The van der Waals surface area contributed by atoms with Crippen LogP contribution in [-0.2, 0) is 23.1 Å². The molecule has 0 bridgehead atoms. The highest BCUT2D eigenvalue weighted by atomic mass is 32.2. The van der Waals surface area contributed by atoms with Crippen molar-refractivity contribution in [2.75, 3.05) is 12.9 Å². The SMILES string of the molecule is CCCCCS(=O)Cc1ccc(OC)c(CN)c1. The van der Waals surface area contributed by atoms with E-state index < -0.39 is 10.8 Å². The number of ether oxygens (including phenoxy) is 1. The molecular formula is C14H23NO2S. The van der Waals surface area contributed by atoms with Crippen molar-refractivity contribution in [2.24, 2.45) is 5.73 Å². The molecule has 0 aliphatic heterocycles. The van der Waals surface area contributed by atoms with Crippen molar-refractivity contribution >= 4 is 10.8 Å². The third-order valence-electron chi connectivity index (χ3n) is 2.87. The Morgan fingerprint density at radius 1 is 1.33 bits per heavy atom. The highest BCUT2D eigenvalue weighted by Crippen LogP contribution is 2.20. The van der Waals surface area contributed by atoms with Crippen LogP contribution >= 0.6 is 0 Å². The third-order valence-corrected chi connectivity index (χ3v) is 4.27. The van der Waals surface area contributed by atoms with Crippen LogP contribution in [-0.4, -0.2) is 17.1 Å². The van der Waals surface area contributed by atoms with Gasteiger partial charge in [-0.15, -0.1) is 0 Å². The normalized spacial score (nSPS) is 12.4. The van der Waals surface area contributed by atoms with E-state index in [1.165, 1.54) is 0 Å². The van der Waals surface area contributed by atoms with Gasteiger partial charge in [0, 0.05) is 34.4 Å². The molecule has 0 spiro atoms. The number of methoxy groups -OCH3 is 1. The summed E-state index contributed by atoms with van der Waals surface area (Å²) in [4.78, 5) is 0. The fraction of sp³-hybridized carbons (Fsp3) is 0.571. The minimum atomic E-state index is -0.773. The molecule has 0 heterocycles. The second-order valence-corrected chi connectivity index (χ2v) is 5.92. The topological polar surface area (TPSA) is 52.3 Å². The molecule has 0 radical (unpaired) electrons. The molecule has 0 saturated carbocycles. The average Bonchev–Trinajstić information content (AvgIpc) is 2.39. The van der Waals surface area contributed by atoms with Gasteiger partial charge in [-0.3, -0.25) is 4.21 Å². The third kappa shape index (κ3) is 4.78. The maximum atomic E-state index is 11.9. The number of nitrogens with two attached hydrogens (primary N) is 1. The van der Waals surface area contributed by atoms with E-state index in [1.807, 2.05) is 18.2 Å². The van der Waals surface area contributed by atoms with Gasteiger partial charge in [-0.05, 0) is 24.1 Å². The molecule has 0 aromatic heterocycles. The van der Waals surface area contributed by atoms with Crippen molar-refractivity contribution in [1.29, 1.82) is 0 Å². The molecule has 2 N–H and O–H groups in total. The van der Waals surface area contributed by atoms with E-state index in [1.54, 1.807) is 7.11 Å². The van der Waals surface area contributed by atoms with E-state index in [0.717, 1.165) is 41.9 Å². The summed E-state index contributed by atoms with van der Waals surface area (Å²) in [6.07, 6.45) is 3.36. The van der Waals surface area contributed by atoms with Crippen molar-refractivity contribution in [1.82, 2.24) is 0 Å². The van der Waals surface area contributed by atoms with Crippen LogP contribution in [0.1, 0.15) is 37.3 Å². The van der Waals surface area contributed by atoms with Crippen LogP contribution in [0.3, 0.4) is 0 Å². The lowest BCUT2D eigenvalue weighted by Crippen LogP contribution is -2.04. The van der Waals surface area contributed by atoms with Gasteiger partial charge in [0.2, 0.25) is 0 Å². The molecule has 102 valence electrons. The minimum absolute atomic E-state index is 0.444. The van der Waals surface area contributed by atoms with E-state index in [-0.39, 0.29) is 0 Å². The van der Waals surface area contributed by atoms with E-state index in [4.69, 9.17) is 10.5 Å². The van der Waals surface area contributed by atoms with Gasteiger partial charge >= 0.3 is 0 Å². The summed E-state index contributed by atoms with van der Waals surface area (Å²) in [5.74, 6) is 2.21. The number of hydrogen-bond acceptors (Lipinski definition) is 3. The first-order chi connectivity index (χ1) is 8.71. The predicted molar refractivity (Wildman–Crippen MR) is 77.1 cm³/mol. The smallest absolute Gasteiger partial charge is 0.123 e. The molecule has 0 amide bonds. The Bertz CT molecular complexity index is 393. The van der Waals surface area contributed by atoms with Crippen molar-refractivity contribution in [3.8, 4) is 5.75 Å². The average molecular weight is 269 g/mol. The highest BCUT2D eigenvalue weighted by molar-refractivity contribution is 7.84. The summed E-state index contributed by atoms with van der Waals surface area (Å²) < 4.78 is 17.1. The zero-order valence-electron chi connectivity index (χ0n) is 11.3. The van der Waals surface area contributed by atoms with Gasteiger partial charge in [-0.25, -0.2) is 0 Å². The summed E-state index contributed by atoms with van der Waals surface area (Å²) in [6, 6.07) is 5.87. The monoisotopic (exact) mass is 269 g/mol. The number of benzene rings is 1. The molecule has 1 aromatic rings. The van der Waals surface area contributed by atoms with E-state index in [2.05, 4.69) is 6.92 Å². The van der Waals surface area contributed by atoms with Gasteiger partial charge in [-0.1, -0.05) is 25.8 Å². The molecule has 4 heteroatoms. The molecule has 0 aliphatic rings. The second-order valence-electron chi connectivity index (χ2n) is 4.35. The maximum Gasteiger partial charge on any atom is 0.123 e. The number of unbranched alkanes of at least 4 members (excludes halogenated alkanes) is 2. The van der Waals surface area contributed by atoms with Crippen LogP contribution in [0.4, 0.5) is 0 Å². The van der Waals surface area contributed by atoms with E-state index in [0.29, 0.717) is 12.3 Å². The lowest BCUT2D eigenvalue weighted by atomic mass is 10.1. The van der Waals surface area contributed by atoms with Crippen LogP contribution in [0.15, 0.2) is 18.2 Å². The second kappa shape index (κ2) is 8.27. The first-order valence-electron chi connectivity index (χ1n) is 6.42. The standard InChI is InChI=1S/C14H23NO2S/c1-3-4-5-8-18(16)11-12-6-7-14(17-2)13(9-12)10-15/h6-7,9H,3-5,8,10-11,15H2,1-2H3. The molecule has 0 saturated heterocycles. The largest absolute Gasteiger partial charge is 0.496 e. The molecule has 3 nitrogen and oxygen atoms in total. The van der Waals surface area contributed by atoms with Crippen LogP contribution in [0.2, 0.25) is 0 Å². The van der Waals surface area contributed by atoms with Crippen molar-refractivity contribution < 1.29 is 8.95 Å². The van der Waals surface area contributed by atoms with Crippen LogP contribution < -0.4 is 10.5 Å². The summed E-state index contributed by atoms with van der Waals surface area (Å²) in [6.45, 7) is 2.60. The van der Waals surface area contributed by atoms with Gasteiger partial charge in [0.15, 0.2) is 0 Å². The zero-order valence-corrected chi connectivity index (χ0v) is 12.1. The van der Waals surface area contributed by atoms with Gasteiger partial charge in [0.1, 0.15) is 5.75 Å². The Balaban J connectivity index is 2.59.